The fourth-order valence-electron chi connectivity index (χ4n) is 1.87. The molecule has 0 aliphatic carbocycles. The Hall–Kier alpha value is 1.67. The summed E-state index contributed by atoms with van der Waals surface area (Å²) in [7, 11) is -5.17. The van der Waals surface area contributed by atoms with Crippen molar-refractivity contribution in [2.75, 3.05) is 59.5 Å². The van der Waals surface area contributed by atoms with Crippen LogP contribution >= 0.6 is 0 Å². The molecule has 0 aliphatic heterocycles. The number of aliphatic hydroxyl groups is 1. The monoisotopic (exact) mass is 448 g/mol. The molecule has 0 aromatic heterocycles. The third-order valence-electron chi connectivity index (χ3n) is 3.25. The third-order valence-corrected chi connectivity index (χ3v) is 3.25. The summed E-state index contributed by atoms with van der Waals surface area (Å²) in [6, 6.07) is 0. The van der Waals surface area contributed by atoms with E-state index in [0.29, 0.717) is 52.2 Å². The van der Waals surface area contributed by atoms with Crippen LogP contribution in [0.15, 0.2) is 0 Å². The van der Waals surface area contributed by atoms with Crippen molar-refractivity contribution in [2.45, 2.75) is 39.5 Å². The van der Waals surface area contributed by atoms with Crippen molar-refractivity contribution in [1.29, 1.82) is 0 Å². The van der Waals surface area contributed by atoms with Gasteiger partial charge in [-0.25, -0.2) is 0 Å². The molecule has 0 rings (SSSR count). The summed E-state index contributed by atoms with van der Waals surface area (Å²) in [5.41, 5.74) is 0. The molecule has 0 aliphatic rings. The predicted molar refractivity (Wildman–Crippen MR) is 94.1 cm³/mol. The summed E-state index contributed by atoms with van der Waals surface area (Å²) < 4.78 is 55.5. The Morgan fingerprint density at radius 1 is 0.821 bits per heavy atom. The van der Waals surface area contributed by atoms with Crippen molar-refractivity contribution in [2.24, 2.45) is 5.92 Å². The van der Waals surface area contributed by atoms with Crippen LogP contribution in [0.1, 0.15) is 39.5 Å². The Balaban J connectivity index is -0.000000364. The van der Waals surface area contributed by atoms with Gasteiger partial charge in [0.25, 0.3) is 0 Å². The molecule has 0 fully saturated rings. The first-order chi connectivity index (χ1) is 12.3. The quantitative estimate of drug-likeness (QED) is 0.100. The van der Waals surface area contributed by atoms with Gasteiger partial charge in [0.1, 0.15) is 0 Å². The van der Waals surface area contributed by atoms with Crippen molar-refractivity contribution in [3.05, 3.63) is 0 Å². The maximum Gasteiger partial charge on any atom is 1.00 e. The molecule has 0 spiro atoms. The van der Waals surface area contributed by atoms with Crippen molar-refractivity contribution < 1.29 is 101 Å². The van der Waals surface area contributed by atoms with Gasteiger partial charge in [-0.3, -0.25) is 8.42 Å². The van der Waals surface area contributed by atoms with E-state index in [4.69, 9.17) is 41.6 Å². The van der Waals surface area contributed by atoms with E-state index in [1.54, 1.807) is 0 Å². The minimum absolute atomic E-state index is 0. The number of unbranched alkanes of at least 4 members (excludes halogenated alkanes) is 1. The SMILES string of the molecule is CCCCC(CC)COCCOCCOCCOCCO.O=S(=O)([O-])[O-].[Na+].[Na+]. The van der Waals surface area contributed by atoms with Gasteiger partial charge in [0.15, 0.2) is 0 Å². The Kier molecular flexibility index (Phi) is 37.9. The topological polar surface area (TPSA) is 137 Å². The molecule has 160 valence electrons. The third kappa shape index (κ3) is 41.9. The number of rotatable bonds is 17. The summed E-state index contributed by atoms with van der Waals surface area (Å²) in [4.78, 5) is 0. The van der Waals surface area contributed by atoms with E-state index in [9.17, 15) is 0 Å². The summed E-state index contributed by atoms with van der Waals surface area (Å²) in [5.74, 6) is 0.687. The van der Waals surface area contributed by atoms with E-state index >= 15 is 0 Å². The number of hydrogen-bond acceptors (Lipinski definition) is 9. The van der Waals surface area contributed by atoms with E-state index in [1.165, 1.54) is 25.7 Å². The molecule has 0 saturated carbocycles. The van der Waals surface area contributed by atoms with E-state index in [1.807, 2.05) is 0 Å². The van der Waals surface area contributed by atoms with Crippen LogP contribution in [0.25, 0.3) is 0 Å². The van der Waals surface area contributed by atoms with Crippen LogP contribution in [-0.2, 0) is 29.3 Å². The molecular weight excluding hydrogens is 414 g/mol. The van der Waals surface area contributed by atoms with Crippen LogP contribution in [0.4, 0.5) is 0 Å². The van der Waals surface area contributed by atoms with Gasteiger partial charge in [0, 0.05) is 17.0 Å². The van der Waals surface area contributed by atoms with Crippen molar-refractivity contribution >= 4 is 10.4 Å². The second kappa shape index (κ2) is 28.7. The first-order valence-corrected chi connectivity index (χ1v) is 10.3. The smallest absolute Gasteiger partial charge is 0.759 e. The van der Waals surface area contributed by atoms with Gasteiger partial charge in [0.2, 0.25) is 0 Å². The fraction of sp³-hybridized carbons (Fsp3) is 1.00. The summed E-state index contributed by atoms with van der Waals surface area (Å²) in [6.07, 6.45) is 5.00. The molecule has 1 atom stereocenters. The van der Waals surface area contributed by atoms with Crippen LogP contribution in [0.5, 0.6) is 0 Å². The average molecular weight is 448 g/mol. The first-order valence-electron chi connectivity index (χ1n) is 8.93. The van der Waals surface area contributed by atoms with Crippen LogP contribution in [0.2, 0.25) is 0 Å². The van der Waals surface area contributed by atoms with Crippen molar-refractivity contribution in [3.8, 4) is 0 Å². The molecule has 0 heterocycles. The summed E-state index contributed by atoms with van der Waals surface area (Å²) in [6.45, 7) is 9.19. The van der Waals surface area contributed by atoms with Crippen LogP contribution in [0.3, 0.4) is 0 Å². The van der Waals surface area contributed by atoms with Gasteiger partial charge < -0.3 is 33.2 Å². The fourth-order valence-corrected chi connectivity index (χ4v) is 1.87. The Labute approximate surface area is 214 Å². The largest absolute Gasteiger partial charge is 1.00 e. The predicted octanol–water partition coefficient (Wildman–Crippen LogP) is -5.07. The summed E-state index contributed by atoms with van der Waals surface area (Å²) in [5, 5.41) is 8.50. The molecule has 1 N–H and O–H groups in total. The normalized spacial score (nSPS) is 11.6. The zero-order chi connectivity index (χ0) is 20.1. The van der Waals surface area contributed by atoms with Crippen molar-refractivity contribution in [3.63, 3.8) is 0 Å². The minimum atomic E-state index is -5.17. The van der Waals surface area contributed by atoms with Crippen LogP contribution in [0, 0.1) is 5.92 Å². The standard InChI is InChI=1S/C16H34O5.2Na.H2O4S/c1-3-5-6-16(4-2)15-21-14-13-20-12-11-19-10-9-18-8-7-17;;;1-5(2,3)4/h16-17H,3-15H2,1-2H3;;;(H2,1,2,3,4)/q;2*+1;/p-2. The molecule has 0 aromatic rings. The number of hydrogen-bond donors (Lipinski definition) is 1. The van der Waals surface area contributed by atoms with Gasteiger partial charge in [0.05, 0.1) is 52.9 Å². The molecule has 0 bridgehead atoms. The Bertz CT molecular complexity index is 365. The molecule has 9 nitrogen and oxygen atoms in total. The molecule has 12 heteroatoms. The van der Waals surface area contributed by atoms with Gasteiger partial charge in [-0.15, -0.1) is 0 Å². The maximum atomic E-state index is 8.52. The van der Waals surface area contributed by atoms with Crippen molar-refractivity contribution in [1.82, 2.24) is 0 Å². The Morgan fingerprint density at radius 3 is 1.57 bits per heavy atom. The van der Waals surface area contributed by atoms with Gasteiger partial charge >= 0.3 is 59.1 Å². The minimum Gasteiger partial charge on any atom is -0.759 e. The molecular formula is C16H34Na2O9S. The van der Waals surface area contributed by atoms with E-state index < -0.39 is 10.4 Å². The first kappa shape index (κ1) is 37.0. The van der Waals surface area contributed by atoms with Crippen LogP contribution < -0.4 is 59.1 Å². The Morgan fingerprint density at radius 2 is 1.21 bits per heavy atom. The second-order valence-electron chi connectivity index (χ2n) is 5.46. The molecule has 0 amide bonds. The molecule has 0 saturated heterocycles. The zero-order valence-corrected chi connectivity index (χ0v) is 22.7. The van der Waals surface area contributed by atoms with Gasteiger partial charge in [-0.1, -0.05) is 33.1 Å². The van der Waals surface area contributed by atoms with Gasteiger partial charge in [-0.2, -0.15) is 0 Å². The molecule has 0 aromatic carbocycles. The number of ether oxygens (including phenoxy) is 4. The second-order valence-corrected chi connectivity index (χ2v) is 6.28. The van der Waals surface area contributed by atoms with E-state index in [-0.39, 0.29) is 65.7 Å². The van der Waals surface area contributed by atoms with Crippen LogP contribution in [-0.4, -0.2) is 82.1 Å². The van der Waals surface area contributed by atoms with E-state index in [2.05, 4.69) is 13.8 Å². The van der Waals surface area contributed by atoms with E-state index in [0.717, 1.165) is 6.61 Å². The molecule has 1 unspecified atom stereocenters. The number of aliphatic hydroxyl groups excluding tert-OH is 1. The zero-order valence-electron chi connectivity index (χ0n) is 17.9. The van der Waals surface area contributed by atoms with Gasteiger partial charge in [-0.05, 0) is 12.3 Å². The molecule has 0 radical (unpaired) electrons. The summed E-state index contributed by atoms with van der Waals surface area (Å²) >= 11 is 0. The molecule has 28 heavy (non-hydrogen) atoms. The average Bonchev–Trinajstić information content (AvgIpc) is 2.57. The maximum absolute atomic E-state index is 8.52.